The van der Waals surface area contributed by atoms with Crippen LogP contribution in [0.5, 0.6) is 0 Å². The highest BCUT2D eigenvalue weighted by molar-refractivity contribution is 5.17. The van der Waals surface area contributed by atoms with Crippen LogP contribution in [0.4, 0.5) is 0 Å². The molecule has 0 aromatic heterocycles. The summed E-state index contributed by atoms with van der Waals surface area (Å²) >= 11 is 0. The Morgan fingerprint density at radius 1 is 0.719 bits per heavy atom. The molecule has 2 aliphatic heterocycles. The van der Waals surface area contributed by atoms with Gasteiger partial charge in [0.15, 0.2) is 6.29 Å². The molecule has 9 N–H and O–H groups in total. The van der Waals surface area contributed by atoms with Crippen LogP contribution < -0.4 is 5.73 Å². The molecule has 188 valence electrons. The van der Waals surface area contributed by atoms with Crippen molar-refractivity contribution in [3.8, 4) is 0 Å². The molecular weight excluding hydrogens is 424 g/mol. The van der Waals surface area contributed by atoms with Gasteiger partial charge in [-0.05, 0) is 25.9 Å². The van der Waals surface area contributed by atoms with Crippen LogP contribution in [0.25, 0.3) is 0 Å². The van der Waals surface area contributed by atoms with Gasteiger partial charge in [-0.3, -0.25) is 4.90 Å². The lowest BCUT2D eigenvalue weighted by Crippen LogP contribution is -2.62. The second-order valence-electron chi connectivity index (χ2n) is 9.25. The Kier molecular flexibility index (Phi) is 9.65. The predicted octanol–water partition coefficient (Wildman–Crippen LogP) is -3.13. The van der Waals surface area contributed by atoms with Gasteiger partial charge >= 0.3 is 0 Å². The number of aliphatic hydroxyl groups is 7. The monoisotopic (exact) mass is 464 g/mol. The first-order valence-corrected chi connectivity index (χ1v) is 11.8. The second-order valence-corrected chi connectivity index (χ2v) is 9.25. The highest BCUT2D eigenvalue weighted by Gasteiger charge is 2.64. The Morgan fingerprint density at radius 2 is 1.38 bits per heavy atom. The van der Waals surface area contributed by atoms with E-state index in [-0.39, 0.29) is 18.7 Å². The van der Waals surface area contributed by atoms with Crippen molar-refractivity contribution in [3.05, 3.63) is 0 Å². The highest BCUT2D eigenvalue weighted by Crippen LogP contribution is 2.46. The average molecular weight is 465 g/mol. The first kappa shape index (κ1) is 26.2. The number of nitrogens with two attached hydrogens (primary N) is 1. The van der Waals surface area contributed by atoms with Crippen LogP contribution in [-0.2, 0) is 9.47 Å². The van der Waals surface area contributed by atoms with Crippen molar-refractivity contribution < 1.29 is 45.2 Å². The zero-order valence-corrected chi connectivity index (χ0v) is 18.4. The van der Waals surface area contributed by atoms with Crippen LogP contribution >= 0.6 is 0 Å². The lowest BCUT2D eigenvalue weighted by molar-refractivity contribution is -0.326. The first-order chi connectivity index (χ1) is 15.4. The van der Waals surface area contributed by atoms with Gasteiger partial charge in [0.2, 0.25) is 0 Å². The van der Waals surface area contributed by atoms with E-state index < -0.39 is 61.5 Å². The van der Waals surface area contributed by atoms with E-state index in [2.05, 4.69) is 4.90 Å². The minimum atomic E-state index is -1.62. The maximum absolute atomic E-state index is 10.7. The van der Waals surface area contributed by atoms with Gasteiger partial charge in [0.25, 0.3) is 0 Å². The number of aliphatic hydroxyl groups excluding tert-OH is 7. The molecule has 12 atom stereocenters. The van der Waals surface area contributed by atoms with E-state index in [1.54, 1.807) is 0 Å². The van der Waals surface area contributed by atoms with E-state index in [4.69, 9.17) is 15.2 Å². The zero-order valence-electron chi connectivity index (χ0n) is 18.4. The molecule has 2 heterocycles. The minimum absolute atomic E-state index is 0.175. The van der Waals surface area contributed by atoms with Gasteiger partial charge in [-0.25, -0.2) is 0 Å². The van der Waals surface area contributed by atoms with Crippen molar-refractivity contribution in [3.63, 3.8) is 0 Å². The number of ether oxygens (including phenoxy) is 2. The summed E-state index contributed by atoms with van der Waals surface area (Å²) < 4.78 is 11.1. The molecule has 3 fully saturated rings. The molecular formula is C21H40N2O9. The smallest absolute Gasteiger partial charge is 0.187 e. The molecule has 2 saturated heterocycles. The van der Waals surface area contributed by atoms with E-state index in [1.165, 1.54) is 0 Å². The quantitative estimate of drug-likeness (QED) is 0.108. The lowest BCUT2D eigenvalue weighted by Gasteiger charge is -2.43. The number of likely N-dealkylation sites (tertiary alicyclic amines) is 1. The molecule has 0 radical (unpaired) electrons. The summed E-state index contributed by atoms with van der Waals surface area (Å²) in [4.78, 5) is 2.06. The predicted molar refractivity (Wildman–Crippen MR) is 112 cm³/mol. The third-order valence-corrected chi connectivity index (χ3v) is 7.14. The topological polar surface area (TPSA) is 189 Å². The average Bonchev–Trinajstić information content (AvgIpc) is 3.50. The van der Waals surface area contributed by atoms with Crippen LogP contribution in [0, 0.1) is 5.92 Å². The number of nitrogens with zero attached hydrogens (tertiary/aromatic N) is 1. The minimum Gasteiger partial charge on any atom is -0.396 e. The van der Waals surface area contributed by atoms with Crippen LogP contribution in [0.15, 0.2) is 0 Å². The number of fused-ring (bicyclic) bond motifs is 1. The molecule has 1 unspecified atom stereocenters. The summed E-state index contributed by atoms with van der Waals surface area (Å²) in [6.45, 7) is 0.545. The molecule has 0 aromatic carbocycles. The van der Waals surface area contributed by atoms with Crippen molar-refractivity contribution in [2.75, 3.05) is 26.3 Å². The van der Waals surface area contributed by atoms with Crippen molar-refractivity contribution in [2.24, 2.45) is 11.7 Å². The summed E-state index contributed by atoms with van der Waals surface area (Å²) in [5, 5.41) is 70.8. The van der Waals surface area contributed by atoms with Crippen molar-refractivity contribution in [2.45, 2.75) is 99.6 Å². The van der Waals surface area contributed by atoms with Gasteiger partial charge in [0.1, 0.15) is 30.5 Å². The van der Waals surface area contributed by atoms with Crippen molar-refractivity contribution in [1.82, 2.24) is 4.90 Å². The molecule has 32 heavy (non-hydrogen) atoms. The van der Waals surface area contributed by atoms with Crippen molar-refractivity contribution in [1.29, 1.82) is 0 Å². The maximum Gasteiger partial charge on any atom is 0.187 e. The largest absolute Gasteiger partial charge is 0.396 e. The van der Waals surface area contributed by atoms with Gasteiger partial charge in [0.05, 0.1) is 31.5 Å². The van der Waals surface area contributed by atoms with Gasteiger partial charge in [-0.1, -0.05) is 25.7 Å². The van der Waals surface area contributed by atoms with Crippen LogP contribution in [0.2, 0.25) is 0 Å². The summed E-state index contributed by atoms with van der Waals surface area (Å²) in [5.41, 5.74) is 5.50. The Bertz CT molecular complexity index is 571. The summed E-state index contributed by atoms with van der Waals surface area (Å²) in [5.74, 6) is -0.532. The van der Waals surface area contributed by atoms with Gasteiger partial charge in [0, 0.05) is 12.0 Å². The fourth-order valence-electron chi connectivity index (χ4n) is 5.23. The number of hydrogen-bond donors (Lipinski definition) is 8. The SMILES string of the molecule is NCCCCCCCCN1[C@@H]2[C@H](O)[C@@H](O)[C@H](O[C@H]3O[C@H](CO)[C@@H](O)[C@H](O)[C@H]3O)[C@@H](CO)[C@@H]21. The van der Waals surface area contributed by atoms with Gasteiger partial charge < -0.3 is 51.0 Å². The highest BCUT2D eigenvalue weighted by atomic mass is 16.7. The van der Waals surface area contributed by atoms with Crippen LogP contribution in [0.1, 0.15) is 38.5 Å². The van der Waals surface area contributed by atoms with Crippen LogP contribution in [0.3, 0.4) is 0 Å². The number of rotatable bonds is 12. The Morgan fingerprint density at radius 3 is 2.00 bits per heavy atom. The third kappa shape index (κ3) is 5.44. The zero-order chi connectivity index (χ0) is 23.4. The number of hydrogen-bond acceptors (Lipinski definition) is 11. The van der Waals surface area contributed by atoms with Gasteiger partial charge in [-0.2, -0.15) is 0 Å². The summed E-state index contributed by atoms with van der Waals surface area (Å²) in [6, 6.07) is -0.445. The normalized spacial score (nSPS) is 46.1. The molecule has 1 aliphatic carbocycles. The van der Waals surface area contributed by atoms with Gasteiger partial charge in [-0.15, -0.1) is 0 Å². The fourth-order valence-corrected chi connectivity index (χ4v) is 5.23. The fraction of sp³-hybridized carbons (Fsp3) is 1.00. The Labute approximate surface area is 188 Å². The van der Waals surface area contributed by atoms with E-state index in [0.717, 1.165) is 45.1 Å². The van der Waals surface area contributed by atoms with E-state index in [9.17, 15) is 35.7 Å². The number of unbranched alkanes of at least 4 members (excludes halogenated alkanes) is 5. The molecule has 0 spiro atoms. The molecule has 3 rings (SSSR count). The lowest BCUT2D eigenvalue weighted by atomic mass is 9.83. The standard InChI is InChI=1S/C21H40N2O9/c22-7-5-3-1-2-4-6-8-23-13-11(9-24)20(18(29)16(27)14(13)23)32-21-19(30)17(28)15(26)12(10-25)31-21/h11-21,24-30H,1-10,22H2/t11-,12+,13-,14-,15+,16-,17-,18+,19+,20+,21+,23?/m0/s1. The second kappa shape index (κ2) is 11.8. The van der Waals surface area contributed by atoms with Crippen LogP contribution in [-0.4, -0.2) is 128 Å². The first-order valence-electron chi connectivity index (χ1n) is 11.8. The van der Waals surface area contributed by atoms with E-state index in [1.807, 2.05) is 0 Å². The maximum atomic E-state index is 10.7. The van der Waals surface area contributed by atoms with Crippen molar-refractivity contribution >= 4 is 0 Å². The molecule has 11 heteroatoms. The van der Waals surface area contributed by atoms with E-state index in [0.29, 0.717) is 6.54 Å². The molecule has 0 bridgehead atoms. The molecule has 3 aliphatic rings. The molecule has 1 saturated carbocycles. The Hall–Kier alpha value is -0.440. The van der Waals surface area contributed by atoms with E-state index >= 15 is 0 Å². The summed E-state index contributed by atoms with van der Waals surface area (Å²) in [7, 11) is 0. The Balaban J connectivity index is 1.57. The molecule has 11 nitrogen and oxygen atoms in total. The molecule has 0 amide bonds. The molecule has 0 aromatic rings. The third-order valence-electron chi connectivity index (χ3n) is 7.14. The summed E-state index contributed by atoms with van der Waals surface area (Å²) in [6.07, 6.45) is -4.43.